The molecule has 0 spiro atoms. The van der Waals surface area contributed by atoms with Gasteiger partial charge in [-0.2, -0.15) is 0 Å². The van der Waals surface area contributed by atoms with E-state index in [9.17, 15) is 14.7 Å². The Labute approximate surface area is 229 Å². The van der Waals surface area contributed by atoms with Gasteiger partial charge in [0.25, 0.3) is 5.91 Å². The zero-order valence-corrected chi connectivity index (χ0v) is 23.3. The van der Waals surface area contributed by atoms with E-state index in [0.717, 1.165) is 41.9 Å². The van der Waals surface area contributed by atoms with Gasteiger partial charge in [0.15, 0.2) is 5.13 Å². The van der Waals surface area contributed by atoms with Crippen molar-refractivity contribution in [3.8, 4) is 10.6 Å². The van der Waals surface area contributed by atoms with Gasteiger partial charge in [-0.25, -0.2) is 15.0 Å². The van der Waals surface area contributed by atoms with E-state index in [1.165, 1.54) is 29.6 Å². The Morgan fingerprint density at radius 3 is 2.63 bits per heavy atom. The van der Waals surface area contributed by atoms with Crippen LogP contribution >= 0.6 is 22.7 Å². The summed E-state index contributed by atoms with van der Waals surface area (Å²) in [6, 6.07) is 3.95. The number of fused-ring (bicyclic) bond motifs is 2. The number of hydrogen-bond acceptors (Lipinski definition) is 10. The monoisotopic (exact) mass is 556 g/mol. The van der Waals surface area contributed by atoms with Gasteiger partial charge in [0.1, 0.15) is 16.9 Å². The van der Waals surface area contributed by atoms with Crippen LogP contribution in [0.5, 0.6) is 0 Å². The number of aliphatic hydroxyl groups excluding tert-OH is 1. The fourth-order valence-electron chi connectivity index (χ4n) is 5.17. The number of anilines is 2. The number of pyridine rings is 1. The number of amides is 2. The van der Waals surface area contributed by atoms with Crippen LogP contribution in [-0.2, 0) is 9.53 Å². The molecule has 2 amide bonds. The smallest absolute Gasteiger partial charge is 0.255 e. The Bertz CT molecular complexity index is 1280. The van der Waals surface area contributed by atoms with Crippen molar-refractivity contribution in [2.75, 3.05) is 18.5 Å². The molecule has 2 fully saturated rings. The summed E-state index contributed by atoms with van der Waals surface area (Å²) in [5.41, 5.74) is 2.23. The third-order valence-corrected chi connectivity index (χ3v) is 9.01. The van der Waals surface area contributed by atoms with Crippen LogP contribution < -0.4 is 10.6 Å². The van der Waals surface area contributed by atoms with Gasteiger partial charge in [-0.05, 0) is 51.7 Å². The minimum atomic E-state index is -0.606. The highest BCUT2D eigenvalue weighted by Gasteiger charge is 2.43. The molecule has 38 heavy (non-hydrogen) atoms. The summed E-state index contributed by atoms with van der Waals surface area (Å²) in [4.78, 5) is 40.9. The second-order valence-corrected chi connectivity index (χ2v) is 11.7. The van der Waals surface area contributed by atoms with Crippen molar-refractivity contribution in [3.05, 3.63) is 40.0 Å². The van der Waals surface area contributed by atoms with Gasteiger partial charge >= 0.3 is 0 Å². The van der Waals surface area contributed by atoms with Crippen LogP contribution in [0, 0.1) is 6.92 Å². The highest BCUT2D eigenvalue weighted by Crippen LogP contribution is 2.38. The summed E-state index contributed by atoms with van der Waals surface area (Å²) in [7, 11) is 0. The van der Waals surface area contributed by atoms with E-state index in [2.05, 4.69) is 25.6 Å². The molecule has 3 aromatic heterocycles. The number of aryl methyl sites for hydroxylation is 1. The van der Waals surface area contributed by atoms with Gasteiger partial charge in [0, 0.05) is 37.1 Å². The molecule has 2 aliphatic heterocycles. The Balaban J connectivity index is 1.18. The zero-order valence-electron chi connectivity index (χ0n) is 21.6. The van der Waals surface area contributed by atoms with Crippen molar-refractivity contribution in [1.82, 2.24) is 25.2 Å². The molecule has 0 aliphatic carbocycles. The Morgan fingerprint density at radius 2 is 2.00 bits per heavy atom. The minimum absolute atomic E-state index is 0.0133. The molecule has 2 saturated heterocycles. The van der Waals surface area contributed by atoms with Crippen molar-refractivity contribution >= 4 is 45.4 Å². The molecule has 0 radical (unpaired) electrons. The largest absolute Gasteiger partial charge is 0.386 e. The van der Waals surface area contributed by atoms with Crippen molar-refractivity contribution < 1.29 is 19.4 Å². The van der Waals surface area contributed by atoms with Crippen molar-refractivity contribution in [2.45, 2.75) is 70.7 Å². The molecule has 3 aromatic rings. The number of rotatable bonds is 9. The van der Waals surface area contributed by atoms with E-state index in [4.69, 9.17) is 4.74 Å². The lowest BCUT2D eigenvalue weighted by molar-refractivity contribution is -0.119. The topological polar surface area (TPSA) is 130 Å². The molecule has 202 valence electrons. The standard InChI is InChI=1S/C26H32N6O4S2/c1-14-23(38-24(29-14)15(2)33)21-13-37-26(30-21)31-22-7-4-17(12-28-22)25(35)32-18-5-6-19(32)11-20(10-18)36-9-8-27-16(3)34/h4,7,12-13,15,18-20,33H,5-6,8-11H2,1-3H3,(H,27,34)(H,28,30,31)/t15?,18-,19?,20?/m1/s1. The molecule has 5 rings (SSSR count). The average molecular weight is 557 g/mol. The number of ether oxygens (including phenoxy) is 1. The Kier molecular flexibility index (Phi) is 8.03. The maximum atomic E-state index is 13.4. The van der Waals surface area contributed by atoms with Crippen LogP contribution in [0.15, 0.2) is 23.7 Å². The molecule has 2 aliphatic rings. The van der Waals surface area contributed by atoms with Gasteiger partial charge in [0.05, 0.1) is 34.5 Å². The second-order valence-electron chi connectivity index (χ2n) is 9.78. The van der Waals surface area contributed by atoms with Crippen LogP contribution in [0.2, 0.25) is 0 Å². The van der Waals surface area contributed by atoms with Crippen LogP contribution in [0.3, 0.4) is 0 Å². The molecule has 4 atom stereocenters. The van der Waals surface area contributed by atoms with E-state index >= 15 is 0 Å². The first-order valence-corrected chi connectivity index (χ1v) is 14.5. The van der Waals surface area contributed by atoms with Gasteiger partial charge < -0.3 is 25.4 Å². The number of thiazole rings is 2. The first-order valence-electron chi connectivity index (χ1n) is 12.8. The van der Waals surface area contributed by atoms with Gasteiger partial charge in [0.2, 0.25) is 5.91 Å². The first-order chi connectivity index (χ1) is 18.3. The minimum Gasteiger partial charge on any atom is -0.386 e. The number of piperidine rings is 1. The molecule has 5 heterocycles. The number of nitrogens with zero attached hydrogens (tertiary/aromatic N) is 4. The quantitative estimate of drug-likeness (QED) is 0.337. The third kappa shape index (κ3) is 5.88. The molecular formula is C26H32N6O4S2. The molecule has 10 nitrogen and oxygen atoms in total. The van der Waals surface area contributed by atoms with E-state index in [0.29, 0.717) is 34.7 Å². The van der Waals surface area contributed by atoms with Crippen LogP contribution in [0.1, 0.15) is 66.7 Å². The molecular weight excluding hydrogens is 524 g/mol. The lowest BCUT2D eigenvalue weighted by atomic mass is 9.98. The predicted molar refractivity (Wildman–Crippen MR) is 147 cm³/mol. The summed E-state index contributed by atoms with van der Waals surface area (Å²) >= 11 is 2.91. The molecule has 3 unspecified atom stereocenters. The van der Waals surface area contributed by atoms with E-state index < -0.39 is 6.10 Å². The lowest BCUT2D eigenvalue weighted by Crippen LogP contribution is -2.48. The summed E-state index contributed by atoms with van der Waals surface area (Å²) in [6.07, 6.45) is 4.74. The number of aliphatic hydroxyl groups is 1. The maximum Gasteiger partial charge on any atom is 0.255 e. The average Bonchev–Trinajstić information content (AvgIpc) is 3.57. The highest BCUT2D eigenvalue weighted by molar-refractivity contribution is 7.17. The van der Waals surface area contributed by atoms with Crippen molar-refractivity contribution in [1.29, 1.82) is 0 Å². The normalized spacial score (nSPS) is 21.4. The predicted octanol–water partition coefficient (Wildman–Crippen LogP) is 4.06. The fraction of sp³-hybridized carbons (Fsp3) is 0.500. The number of aromatic nitrogens is 3. The van der Waals surface area contributed by atoms with Crippen LogP contribution in [-0.4, -0.2) is 68.1 Å². The number of nitrogens with one attached hydrogen (secondary N) is 2. The van der Waals surface area contributed by atoms with Gasteiger partial charge in [-0.15, -0.1) is 22.7 Å². The highest BCUT2D eigenvalue weighted by atomic mass is 32.1. The van der Waals surface area contributed by atoms with Crippen LogP contribution in [0.4, 0.5) is 10.9 Å². The number of carbonyl (C=O) groups excluding carboxylic acids is 2. The molecule has 2 bridgehead atoms. The second kappa shape index (κ2) is 11.4. The van der Waals surface area contributed by atoms with Gasteiger partial charge in [-0.3, -0.25) is 9.59 Å². The van der Waals surface area contributed by atoms with Gasteiger partial charge in [-0.1, -0.05) is 0 Å². The Hall–Kier alpha value is -2.93. The van der Waals surface area contributed by atoms with E-state index in [-0.39, 0.29) is 30.0 Å². The first kappa shape index (κ1) is 26.7. The maximum absolute atomic E-state index is 13.4. The summed E-state index contributed by atoms with van der Waals surface area (Å²) in [5.74, 6) is 0.570. The van der Waals surface area contributed by atoms with Crippen LogP contribution in [0.25, 0.3) is 10.6 Å². The van der Waals surface area contributed by atoms with E-state index in [1.807, 2.05) is 23.3 Å². The zero-order chi connectivity index (χ0) is 26.8. The summed E-state index contributed by atoms with van der Waals surface area (Å²) in [5, 5.41) is 19.1. The lowest BCUT2D eigenvalue weighted by Gasteiger charge is -2.39. The fourth-order valence-corrected chi connectivity index (χ4v) is 6.92. The molecule has 12 heteroatoms. The number of hydrogen-bond donors (Lipinski definition) is 3. The Morgan fingerprint density at radius 1 is 1.24 bits per heavy atom. The summed E-state index contributed by atoms with van der Waals surface area (Å²) < 4.78 is 5.98. The van der Waals surface area contributed by atoms with E-state index in [1.54, 1.807) is 19.2 Å². The molecule has 0 saturated carbocycles. The van der Waals surface area contributed by atoms with Crippen molar-refractivity contribution in [3.63, 3.8) is 0 Å². The molecule has 3 N–H and O–H groups in total. The summed E-state index contributed by atoms with van der Waals surface area (Å²) in [6.45, 7) is 6.11. The molecule has 0 aromatic carbocycles. The number of carbonyl (C=O) groups is 2. The third-order valence-electron chi connectivity index (χ3n) is 6.91. The van der Waals surface area contributed by atoms with Crippen molar-refractivity contribution in [2.24, 2.45) is 0 Å². The SMILES string of the molecule is CC(=O)NCCOC1CC2CC[C@H](C1)N2C(=O)c1ccc(Nc2nc(-c3sc(C(C)O)nc3C)cs2)nc1.